The Morgan fingerprint density at radius 3 is 2.93 bits per heavy atom. The van der Waals surface area contributed by atoms with Gasteiger partial charge < -0.3 is 19.3 Å². The van der Waals surface area contributed by atoms with Crippen LogP contribution in [-0.2, 0) is 14.2 Å². The molecule has 1 heterocycles. The number of ether oxygens (including phenoxy) is 3. The topological polar surface area (TPSA) is 51.2 Å². The van der Waals surface area contributed by atoms with Crippen LogP contribution in [0.3, 0.4) is 0 Å². The van der Waals surface area contributed by atoms with Crippen LogP contribution in [0.4, 0.5) is 0 Å². The minimum Gasteiger partial charge on any atom is -0.371 e. The fourth-order valence-corrected chi connectivity index (χ4v) is 1.36. The van der Waals surface area contributed by atoms with Crippen LogP contribution in [0.1, 0.15) is 13.8 Å². The lowest BCUT2D eigenvalue weighted by Gasteiger charge is -2.16. The molecule has 2 atom stereocenters. The summed E-state index contributed by atoms with van der Waals surface area (Å²) in [5.74, 6) is 0. The summed E-state index contributed by atoms with van der Waals surface area (Å²) in [6, 6.07) is 0. The van der Waals surface area contributed by atoms with Crippen molar-refractivity contribution in [2.45, 2.75) is 26.2 Å². The van der Waals surface area contributed by atoms with Crippen LogP contribution in [0.15, 0.2) is 0 Å². The first-order chi connectivity index (χ1) is 6.72. The lowest BCUT2D eigenvalue weighted by atomic mass is 10.4. The molecule has 1 fully saturated rings. The zero-order valence-corrected chi connectivity index (χ0v) is 8.81. The van der Waals surface area contributed by atoms with Crippen molar-refractivity contribution in [3.63, 3.8) is 0 Å². The molecule has 0 bridgehead atoms. The van der Waals surface area contributed by atoms with Crippen LogP contribution >= 0.6 is 0 Å². The fourth-order valence-electron chi connectivity index (χ4n) is 1.36. The molecule has 0 aliphatic carbocycles. The van der Waals surface area contributed by atoms with Crippen LogP contribution in [0.2, 0.25) is 0 Å². The zero-order valence-electron chi connectivity index (χ0n) is 8.81. The standard InChI is InChI=1S/C9H19NO4/c1-8-5-10(6-13-8)3-4-12-9(2)14-7-11/h8-9,11H,3-7H2,1-2H3. The van der Waals surface area contributed by atoms with E-state index >= 15 is 0 Å². The Hall–Kier alpha value is -0.200. The molecule has 0 saturated carbocycles. The van der Waals surface area contributed by atoms with Crippen molar-refractivity contribution in [2.24, 2.45) is 0 Å². The first-order valence-electron chi connectivity index (χ1n) is 4.90. The van der Waals surface area contributed by atoms with E-state index in [0.29, 0.717) is 19.4 Å². The molecule has 0 aromatic heterocycles. The van der Waals surface area contributed by atoms with E-state index in [9.17, 15) is 0 Å². The molecule has 14 heavy (non-hydrogen) atoms. The van der Waals surface area contributed by atoms with Crippen molar-refractivity contribution < 1.29 is 19.3 Å². The summed E-state index contributed by atoms with van der Waals surface area (Å²) in [4.78, 5) is 2.18. The quantitative estimate of drug-likeness (QED) is 0.618. The number of hydrogen-bond donors (Lipinski definition) is 1. The largest absolute Gasteiger partial charge is 0.371 e. The van der Waals surface area contributed by atoms with E-state index < -0.39 is 0 Å². The van der Waals surface area contributed by atoms with Crippen LogP contribution < -0.4 is 0 Å². The molecule has 5 nitrogen and oxygen atoms in total. The lowest BCUT2D eigenvalue weighted by molar-refractivity contribution is -0.172. The molecular weight excluding hydrogens is 186 g/mol. The number of rotatable bonds is 6. The van der Waals surface area contributed by atoms with E-state index in [0.717, 1.165) is 13.1 Å². The van der Waals surface area contributed by atoms with Gasteiger partial charge in [0.2, 0.25) is 0 Å². The van der Waals surface area contributed by atoms with Crippen molar-refractivity contribution in [2.75, 3.05) is 33.2 Å². The third-order valence-electron chi connectivity index (χ3n) is 2.13. The Balaban J connectivity index is 1.98. The molecule has 0 aromatic rings. The van der Waals surface area contributed by atoms with Crippen molar-refractivity contribution in [1.82, 2.24) is 4.90 Å². The Morgan fingerprint density at radius 1 is 1.57 bits per heavy atom. The number of aliphatic hydroxyl groups is 1. The van der Waals surface area contributed by atoms with Crippen LogP contribution in [0.5, 0.6) is 0 Å². The molecule has 5 heteroatoms. The Kier molecular flexibility index (Phi) is 5.36. The van der Waals surface area contributed by atoms with Crippen molar-refractivity contribution in [3.8, 4) is 0 Å². The summed E-state index contributed by atoms with van der Waals surface area (Å²) in [5.41, 5.74) is 0. The highest BCUT2D eigenvalue weighted by Crippen LogP contribution is 2.06. The highest BCUT2D eigenvalue weighted by atomic mass is 16.7. The molecule has 1 N–H and O–H groups in total. The van der Waals surface area contributed by atoms with Crippen LogP contribution in [0.25, 0.3) is 0 Å². The lowest BCUT2D eigenvalue weighted by Crippen LogP contribution is -2.27. The van der Waals surface area contributed by atoms with Crippen molar-refractivity contribution in [3.05, 3.63) is 0 Å². The number of nitrogens with zero attached hydrogens (tertiary/aromatic N) is 1. The molecule has 1 rings (SSSR count). The van der Waals surface area contributed by atoms with E-state index in [1.54, 1.807) is 6.92 Å². The van der Waals surface area contributed by atoms with Gasteiger partial charge in [0, 0.05) is 13.1 Å². The normalized spacial score (nSPS) is 25.5. The van der Waals surface area contributed by atoms with E-state index in [4.69, 9.17) is 19.3 Å². The first-order valence-corrected chi connectivity index (χ1v) is 4.90. The van der Waals surface area contributed by atoms with E-state index in [1.165, 1.54) is 0 Å². The first kappa shape index (κ1) is 11.9. The monoisotopic (exact) mass is 205 g/mol. The molecule has 1 aliphatic rings. The van der Waals surface area contributed by atoms with E-state index in [1.807, 2.05) is 0 Å². The second-order valence-corrected chi connectivity index (χ2v) is 3.42. The number of aliphatic hydroxyl groups excluding tert-OH is 1. The molecule has 0 aromatic carbocycles. The van der Waals surface area contributed by atoms with Gasteiger partial charge in [0.1, 0.15) is 6.79 Å². The summed E-state index contributed by atoms with van der Waals surface area (Å²) in [7, 11) is 0. The third-order valence-corrected chi connectivity index (χ3v) is 2.13. The zero-order chi connectivity index (χ0) is 10.4. The van der Waals surface area contributed by atoms with Gasteiger partial charge in [-0.1, -0.05) is 0 Å². The van der Waals surface area contributed by atoms with Gasteiger partial charge in [-0.2, -0.15) is 0 Å². The van der Waals surface area contributed by atoms with Gasteiger partial charge in [-0.3, -0.25) is 4.90 Å². The molecule has 84 valence electrons. The molecule has 0 spiro atoms. The molecule has 2 unspecified atom stereocenters. The Bertz CT molecular complexity index is 156. The fraction of sp³-hybridized carbons (Fsp3) is 1.00. The van der Waals surface area contributed by atoms with Gasteiger partial charge in [-0.25, -0.2) is 0 Å². The molecule has 0 radical (unpaired) electrons. The summed E-state index contributed by atoms with van der Waals surface area (Å²) in [6.45, 7) is 6.59. The van der Waals surface area contributed by atoms with Gasteiger partial charge >= 0.3 is 0 Å². The summed E-state index contributed by atoms with van der Waals surface area (Å²) in [6.07, 6.45) is -0.0259. The van der Waals surface area contributed by atoms with Gasteiger partial charge in [-0.05, 0) is 13.8 Å². The third kappa shape index (κ3) is 4.34. The second-order valence-electron chi connectivity index (χ2n) is 3.42. The predicted octanol–water partition coefficient (Wildman–Crippen LogP) is -0.00640. The van der Waals surface area contributed by atoms with Gasteiger partial charge in [-0.15, -0.1) is 0 Å². The maximum absolute atomic E-state index is 8.45. The van der Waals surface area contributed by atoms with Crippen molar-refractivity contribution in [1.29, 1.82) is 0 Å². The van der Waals surface area contributed by atoms with Gasteiger partial charge in [0.25, 0.3) is 0 Å². The Labute approximate surface area is 84.5 Å². The molecule has 1 aliphatic heterocycles. The highest BCUT2D eigenvalue weighted by molar-refractivity contribution is 4.65. The maximum Gasteiger partial charge on any atom is 0.157 e. The Morgan fingerprint density at radius 2 is 2.36 bits per heavy atom. The molecular formula is C9H19NO4. The summed E-state index contributed by atoms with van der Waals surface area (Å²) < 4.78 is 15.5. The minimum atomic E-state index is -0.346. The van der Waals surface area contributed by atoms with Gasteiger partial charge in [0.05, 0.1) is 19.4 Å². The smallest absolute Gasteiger partial charge is 0.157 e. The van der Waals surface area contributed by atoms with Crippen molar-refractivity contribution >= 4 is 0 Å². The maximum atomic E-state index is 8.45. The van der Waals surface area contributed by atoms with Crippen LogP contribution in [-0.4, -0.2) is 55.6 Å². The minimum absolute atomic E-state index is 0.301. The number of hydrogen-bond acceptors (Lipinski definition) is 5. The average molecular weight is 205 g/mol. The van der Waals surface area contributed by atoms with E-state index in [2.05, 4.69) is 11.8 Å². The summed E-state index contributed by atoms with van der Waals surface area (Å²) >= 11 is 0. The summed E-state index contributed by atoms with van der Waals surface area (Å²) in [5, 5.41) is 8.45. The average Bonchev–Trinajstić information content (AvgIpc) is 2.52. The molecule has 0 amide bonds. The highest BCUT2D eigenvalue weighted by Gasteiger charge is 2.18. The predicted molar refractivity (Wildman–Crippen MR) is 50.6 cm³/mol. The molecule has 1 saturated heterocycles. The van der Waals surface area contributed by atoms with Crippen LogP contribution in [0, 0.1) is 0 Å². The SMILES string of the molecule is CC1CN(CCOC(C)OCO)CO1. The van der Waals surface area contributed by atoms with Gasteiger partial charge in [0.15, 0.2) is 6.29 Å². The second kappa shape index (κ2) is 6.31. The van der Waals surface area contributed by atoms with E-state index in [-0.39, 0.29) is 13.1 Å².